The molecule has 3 aromatic carbocycles. The smallest absolute Gasteiger partial charge is 0.261 e. The molecule has 1 aliphatic heterocycles. The van der Waals surface area contributed by atoms with E-state index in [4.69, 9.17) is 9.29 Å². The van der Waals surface area contributed by atoms with E-state index in [1.165, 1.54) is 29.8 Å². The molecule has 0 unspecified atom stereocenters. The first-order valence-corrected chi connectivity index (χ1v) is 14.2. The van der Waals surface area contributed by atoms with E-state index in [-0.39, 0.29) is 17.7 Å². The van der Waals surface area contributed by atoms with E-state index in [1.54, 1.807) is 24.3 Å². The van der Waals surface area contributed by atoms with Crippen LogP contribution in [0.2, 0.25) is 0 Å². The monoisotopic (exact) mass is 544 g/mol. The summed E-state index contributed by atoms with van der Waals surface area (Å²) in [5.41, 5.74) is 2.95. The summed E-state index contributed by atoms with van der Waals surface area (Å²) < 4.78 is 58.9. The number of piperazine rings is 1. The van der Waals surface area contributed by atoms with Gasteiger partial charge in [0.1, 0.15) is 17.7 Å². The number of hydrogen-bond acceptors (Lipinski definition) is 5. The molecule has 0 spiro atoms. The summed E-state index contributed by atoms with van der Waals surface area (Å²) in [4.78, 5) is 4.86. The molecule has 204 valence electrons. The molecular weight excluding hydrogens is 510 g/mol. The Morgan fingerprint density at radius 3 is 1.82 bits per heavy atom. The Morgan fingerprint density at radius 1 is 0.842 bits per heavy atom. The third-order valence-electron chi connectivity index (χ3n) is 5.98. The molecule has 1 heterocycles. The highest BCUT2D eigenvalue weighted by atomic mass is 32.2. The molecule has 0 bridgehead atoms. The third kappa shape index (κ3) is 11.2. The molecule has 0 radical (unpaired) electrons. The van der Waals surface area contributed by atoms with Crippen molar-refractivity contribution in [3.8, 4) is 0 Å². The zero-order valence-corrected chi connectivity index (χ0v) is 22.2. The molecule has 1 aliphatic rings. The Balaban J connectivity index is 0.000000732. The number of hydrogen-bond donors (Lipinski definition) is 1. The maximum Gasteiger partial charge on any atom is 0.261 e. The number of nitrogens with zero attached hydrogens (tertiary/aromatic N) is 2. The van der Waals surface area contributed by atoms with E-state index < -0.39 is 10.1 Å². The minimum Gasteiger partial charge on any atom is -0.367 e. The van der Waals surface area contributed by atoms with Gasteiger partial charge in [-0.25, -0.2) is 8.78 Å². The van der Waals surface area contributed by atoms with Gasteiger partial charge >= 0.3 is 0 Å². The van der Waals surface area contributed by atoms with E-state index >= 15 is 0 Å². The number of halogens is 2. The molecule has 0 atom stereocenters. The van der Waals surface area contributed by atoms with E-state index in [0.29, 0.717) is 12.9 Å². The van der Waals surface area contributed by atoms with Crippen LogP contribution in [-0.4, -0.2) is 74.9 Å². The van der Waals surface area contributed by atoms with Gasteiger partial charge in [-0.2, -0.15) is 8.42 Å². The lowest BCUT2D eigenvalue weighted by molar-refractivity contribution is 0.0467. The minimum absolute atomic E-state index is 0.284. The molecule has 4 rings (SSSR count). The lowest BCUT2D eigenvalue weighted by Gasteiger charge is -2.34. The Labute approximate surface area is 223 Å². The van der Waals surface area contributed by atoms with Gasteiger partial charge in [0.25, 0.3) is 10.1 Å². The van der Waals surface area contributed by atoms with Crippen molar-refractivity contribution in [2.75, 3.05) is 52.1 Å². The molecule has 0 saturated carbocycles. The SMILES string of the molecule is CS(=O)(=O)O.Fc1ccc(C(OCCN2CCN(C/C=C/c3ccccc3)CC2)c2ccc(F)cc2)cc1. The molecular formula is C29H34F2N2O4S. The van der Waals surface area contributed by atoms with Crippen LogP contribution in [0, 0.1) is 11.6 Å². The van der Waals surface area contributed by atoms with E-state index in [2.05, 4.69) is 46.2 Å². The number of benzene rings is 3. The standard InChI is InChI=1S/C28H30F2N2O.CH4O3S/c29-26-12-8-24(9-13-26)28(25-10-14-27(30)15-11-25)33-22-21-32-19-17-31(18-20-32)16-4-7-23-5-2-1-3-6-23;1-5(2,3)4/h1-15,28H,16-22H2;1H3,(H,2,3,4)/b7-4+;. The average molecular weight is 545 g/mol. The first-order chi connectivity index (χ1) is 18.2. The summed E-state index contributed by atoms with van der Waals surface area (Å²) >= 11 is 0. The first kappa shape index (κ1) is 29.6. The van der Waals surface area contributed by atoms with E-state index in [1.807, 2.05) is 6.07 Å². The maximum atomic E-state index is 13.4. The lowest BCUT2D eigenvalue weighted by Crippen LogP contribution is -2.47. The van der Waals surface area contributed by atoms with Crippen LogP contribution in [0.5, 0.6) is 0 Å². The highest BCUT2D eigenvalue weighted by Gasteiger charge is 2.18. The second kappa shape index (κ2) is 14.8. The Bertz CT molecular complexity index is 1180. The van der Waals surface area contributed by atoms with Crippen molar-refractivity contribution in [1.29, 1.82) is 0 Å². The molecule has 38 heavy (non-hydrogen) atoms. The second-order valence-corrected chi connectivity index (χ2v) is 10.5. The molecule has 0 amide bonds. The Kier molecular flexibility index (Phi) is 11.6. The molecule has 3 aromatic rings. The first-order valence-electron chi connectivity index (χ1n) is 12.4. The van der Waals surface area contributed by atoms with Gasteiger partial charge in [0, 0.05) is 39.3 Å². The molecule has 1 N–H and O–H groups in total. The zero-order valence-electron chi connectivity index (χ0n) is 21.4. The molecule has 0 aromatic heterocycles. The van der Waals surface area contributed by atoms with Gasteiger partial charge in [-0.3, -0.25) is 14.4 Å². The summed E-state index contributed by atoms with van der Waals surface area (Å²) in [5.74, 6) is -0.568. The van der Waals surface area contributed by atoms with Gasteiger partial charge < -0.3 is 4.74 Å². The lowest BCUT2D eigenvalue weighted by atomic mass is 10.0. The largest absolute Gasteiger partial charge is 0.367 e. The van der Waals surface area contributed by atoms with Crippen molar-refractivity contribution in [2.24, 2.45) is 0 Å². The van der Waals surface area contributed by atoms with Gasteiger partial charge in [-0.05, 0) is 41.0 Å². The normalized spacial score (nSPS) is 15.0. The van der Waals surface area contributed by atoms with Crippen molar-refractivity contribution in [2.45, 2.75) is 6.10 Å². The van der Waals surface area contributed by atoms with Gasteiger partial charge in [0.2, 0.25) is 0 Å². The fourth-order valence-electron chi connectivity index (χ4n) is 4.06. The van der Waals surface area contributed by atoms with Gasteiger partial charge in [0.15, 0.2) is 0 Å². The van der Waals surface area contributed by atoms with Crippen LogP contribution in [0.15, 0.2) is 84.9 Å². The highest BCUT2D eigenvalue weighted by molar-refractivity contribution is 7.85. The predicted octanol–water partition coefficient (Wildman–Crippen LogP) is 4.91. The van der Waals surface area contributed by atoms with E-state index in [9.17, 15) is 17.2 Å². The fraction of sp³-hybridized carbons (Fsp3) is 0.310. The third-order valence-corrected chi connectivity index (χ3v) is 5.98. The van der Waals surface area contributed by atoms with Crippen molar-refractivity contribution in [3.63, 3.8) is 0 Å². The summed E-state index contributed by atoms with van der Waals surface area (Å²) in [6.45, 7) is 6.38. The summed E-state index contributed by atoms with van der Waals surface area (Å²) in [6.07, 6.45) is 4.76. The molecule has 0 aliphatic carbocycles. The van der Waals surface area contributed by atoms with Crippen LogP contribution < -0.4 is 0 Å². The van der Waals surface area contributed by atoms with Crippen LogP contribution in [0.3, 0.4) is 0 Å². The molecule has 6 nitrogen and oxygen atoms in total. The van der Waals surface area contributed by atoms with Crippen LogP contribution in [-0.2, 0) is 14.9 Å². The highest BCUT2D eigenvalue weighted by Crippen LogP contribution is 2.26. The fourth-order valence-corrected chi connectivity index (χ4v) is 4.06. The average Bonchev–Trinajstić information content (AvgIpc) is 2.89. The summed E-state index contributed by atoms with van der Waals surface area (Å²) in [6, 6.07) is 23.0. The maximum absolute atomic E-state index is 13.4. The summed E-state index contributed by atoms with van der Waals surface area (Å²) in [7, 11) is -3.67. The number of rotatable bonds is 9. The zero-order chi connectivity index (χ0) is 27.4. The predicted molar refractivity (Wildman–Crippen MR) is 146 cm³/mol. The van der Waals surface area contributed by atoms with Crippen LogP contribution in [0.1, 0.15) is 22.8 Å². The van der Waals surface area contributed by atoms with Crippen LogP contribution >= 0.6 is 0 Å². The van der Waals surface area contributed by atoms with Crippen molar-refractivity contribution in [1.82, 2.24) is 9.80 Å². The van der Waals surface area contributed by atoms with Crippen molar-refractivity contribution >= 4 is 16.2 Å². The van der Waals surface area contributed by atoms with E-state index in [0.717, 1.165) is 50.4 Å². The van der Waals surface area contributed by atoms with Crippen molar-refractivity contribution < 1.29 is 26.5 Å². The van der Waals surface area contributed by atoms with Crippen LogP contribution in [0.4, 0.5) is 8.78 Å². The summed E-state index contributed by atoms with van der Waals surface area (Å²) in [5, 5.41) is 0. The molecule has 1 fully saturated rings. The van der Waals surface area contributed by atoms with Crippen LogP contribution in [0.25, 0.3) is 6.08 Å². The quantitative estimate of drug-likeness (QED) is 0.386. The minimum atomic E-state index is -3.67. The van der Waals surface area contributed by atoms with Gasteiger partial charge in [0.05, 0.1) is 12.9 Å². The topological polar surface area (TPSA) is 70.1 Å². The van der Waals surface area contributed by atoms with Gasteiger partial charge in [-0.15, -0.1) is 0 Å². The van der Waals surface area contributed by atoms with Crippen molar-refractivity contribution in [3.05, 3.63) is 113 Å². The Hall–Kier alpha value is -2.95. The Morgan fingerprint density at radius 2 is 1.32 bits per heavy atom. The molecule has 1 saturated heterocycles. The number of ether oxygens (including phenoxy) is 1. The molecule has 9 heteroatoms. The van der Waals surface area contributed by atoms with Gasteiger partial charge in [-0.1, -0.05) is 66.7 Å². The second-order valence-electron chi connectivity index (χ2n) is 9.04.